The van der Waals surface area contributed by atoms with E-state index in [1.807, 2.05) is 0 Å². The maximum Gasteiger partial charge on any atom is 0.478 e. The van der Waals surface area contributed by atoms with Crippen LogP contribution in [0.1, 0.15) is 6.92 Å². The summed E-state index contributed by atoms with van der Waals surface area (Å²) in [6.45, 7) is 0.401. The van der Waals surface area contributed by atoms with Gasteiger partial charge in [0.05, 0.1) is 6.61 Å². The van der Waals surface area contributed by atoms with Crippen LogP contribution in [0, 0.1) is 0 Å². The molecular formula is C8H20NO16P3. The van der Waals surface area contributed by atoms with Gasteiger partial charge in [-0.3, -0.25) is 9.32 Å². The number of phosphoric ester groups is 1. The van der Waals surface area contributed by atoms with Crippen molar-refractivity contribution in [2.45, 2.75) is 37.6 Å². The van der Waals surface area contributed by atoms with Crippen molar-refractivity contribution in [1.82, 2.24) is 5.32 Å². The molecule has 5 atom stereocenters. The fraction of sp³-hybridized carbons (Fsp3) is 0.875. The normalized spacial score (nSPS) is 28.9. The summed E-state index contributed by atoms with van der Waals surface area (Å²) in [7, 11) is -15.0. The van der Waals surface area contributed by atoms with Gasteiger partial charge in [0.2, 0.25) is 5.91 Å². The van der Waals surface area contributed by atoms with Gasteiger partial charge in [0.1, 0.15) is 24.4 Å². The van der Waals surface area contributed by atoms with Crippen LogP contribution in [0.3, 0.4) is 0 Å². The highest BCUT2D eigenvalue weighted by atomic mass is 31.3. The number of ether oxygens (including phenoxy) is 1. The van der Waals surface area contributed by atoms with E-state index in [9.17, 15) is 28.7 Å². The minimum atomic E-state index is -5.05. The van der Waals surface area contributed by atoms with E-state index in [0.717, 1.165) is 6.92 Å². The molecule has 17 nitrogen and oxygen atoms in total. The largest absolute Gasteiger partial charge is 0.478 e. The molecule has 1 heterocycles. The van der Waals surface area contributed by atoms with Crippen LogP contribution in [0.15, 0.2) is 0 Å². The van der Waals surface area contributed by atoms with Crippen LogP contribution >= 0.6 is 23.5 Å². The Balaban J connectivity index is 0.000000684. The Morgan fingerprint density at radius 2 is 1.43 bits per heavy atom. The summed E-state index contributed by atoms with van der Waals surface area (Å²) in [5, 5.41) is 30.5. The van der Waals surface area contributed by atoms with E-state index in [4.69, 9.17) is 39.2 Å². The van der Waals surface area contributed by atoms with Gasteiger partial charge >= 0.3 is 23.5 Å². The monoisotopic (exact) mass is 479 g/mol. The fourth-order valence-corrected chi connectivity index (χ4v) is 3.39. The van der Waals surface area contributed by atoms with Crippen LogP contribution in [-0.4, -0.2) is 87.8 Å². The molecule has 20 heteroatoms. The summed E-state index contributed by atoms with van der Waals surface area (Å²) in [6.07, 6.45) is -6.17. The average molecular weight is 479 g/mol. The lowest BCUT2D eigenvalue weighted by atomic mass is 9.97. The van der Waals surface area contributed by atoms with E-state index in [2.05, 4.69) is 14.2 Å². The van der Waals surface area contributed by atoms with Crippen LogP contribution in [-0.2, 0) is 32.1 Å². The number of amides is 1. The van der Waals surface area contributed by atoms with Crippen molar-refractivity contribution in [2.75, 3.05) is 6.61 Å². The lowest BCUT2D eigenvalue weighted by molar-refractivity contribution is -0.248. The zero-order valence-corrected chi connectivity index (χ0v) is 16.5. The molecule has 0 spiro atoms. The van der Waals surface area contributed by atoms with Crippen LogP contribution < -0.4 is 5.32 Å². The Labute approximate surface area is 156 Å². The molecule has 0 aromatic heterocycles. The first-order valence-electron chi connectivity index (χ1n) is 6.82. The third kappa shape index (κ3) is 11.6. The molecule has 1 aliphatic heterocycles. The lowest BCUT2D eigenvalue weighted by Gasteiger charge is -2.41. The number of nitrogens with one attached hydrogen (secondary N) is 1. The molecule has 0 bridgehead atoms. The first-order valence-corrected chi connectivity index (χ1v) is 11.4. The molecule has 10 N–H and O–H groups in total. The van der Waals surface area contributed by atoms with E-state index < -0.39 is 66.6 Å². The minimum Gasteiger partial charge on any atom is -0.394 e. The number of phosphoric acid groups is 3. The number of carbonyl (C=O) groups is 1. The zero-order valence-electron chi connectivity index (χ0n) is 13.8. The third-order valence-corrected chi connectivity index (χ3v) is 4.89. The van der Waals surface area contributed by atoms with Gasteiger partial charge in [-0.1, -0.05) is 0 Å². The number of aliphatic hydroxyl groups is 3. The van der Waals surface area contributed by atoms with Gasteiger partial charge in [-0.05, 0) is 0 Å². The molecule has 0 saturated carbocycles. The molecule has 0 aliphatic carbocycles. The molecule has 28 heavy (non-hydrogen) atoms. The summed E-state index contributed by atoms with van der Waals surface area (Å²) in [6, 6.07) is -1.39. The number of rotatable bonds is 6. The summed E-state index contributed by atoms with van der Waals surface area (Å²) in [4.78, 5) is 59.4. The van der Waals surface area contributed by atoms with E-state index in [1.165, 1.54) is 0 Å². The van der Waals surface area contributed by atoms with E-state index in [0.29, 0.717) is 0 Å². The van der Waals surface area contributed by atoms with E-state index in [-0.39, 0.29) is 0 Å². The van der Waals surface area contributed by atoms with Crippen molar-refractivity contribution >= 4 is 29.4 Å². The summed E-state index contributed by atoms with van der Waals surface area (Å²) in [5.41, 5.74) is 0. The average Bonchev–Trinajstić information content (AvgIpc) is 2.41. The van der Waals surface area contributed by atoms with Gasteiger partial charge in [-0.15, -0.1) is 0 Å². The minimum absolute atomic E-state index is 0.624. The molecule has 1 amide bonds. The van der Waals surface area contributed by atoms with Crippen LogP contribution in [0.2, 0.25) is 0 Å². The molecule has 0 radical (unpaired) electrons. The predicted molar refractivity (Wildman–Crippen MR) is 83.7 cm³/mol. The highest BCUT2D eigenvalue weighted by molar-refractivity contribution is 7.60. The van der Waals surface area contributed by atoms with Crippen molar-refractivity contribution < 1.29 is 76.7 Å². The number of hydrogen-bond donors (Lipinski definition) is 10. The molecule has 0 aromatic rings. The third-order valence-electron chi connectivity index (χ3n) is 2.70. The standard InChI is InChI=1S/C8H16NO9P.H4O7P2/c1-3(11)9-5-7(13)6(12)4(2-10)17-8(5)18-19(14,15)16;1-8(2,3)7-9(4,5)6/h4-8,10,12-13H,2H2,1H3,(H,9,11)(H2,14,15,16);(H2,1,2,3)(H2,4,5,6)/t4-,5-,6-,7-,8?;/m1./s1. The van der Waals surface area contributed by atoms with Gasteiger partial charge in [0.25, 0.3) is 0 Å². The van der Waals surface area contributed by atoms with Gasteiger partial charge in [-0.25, -0.2) is 13.7 Å². The first kappa shape index (κ1) is 27.7. The van der Waals surface area contributed by atoms with Gasteiger partial charge in [0.15, 0.2) is 6.29 Å². The number of carbonyl (C=O) groups excluding carboxylic acids is 1. The highest BCUT2D eigenvalue weighted by Crippen LogP contribution is 2.53. The molecule has 1 rings (SSSR count). The maximum atomic E-state index is 11.0. The summed E-state index contributed by atoms with van der Waals surface area (Å²) in [5.74, 6) is -0.624. The summed E-state index contributed by atoms with van der Waals surface area (Å²) < 4.78 is 42.2. The van der Waals surface area contributed by atoms with Crippen molar-refractivity contribution in [3.8, 4) is 0 Å². The SMILES string of the molecule is CC(=O)N[C@H]1C(OP(=O)(O)O)O[C@H](CO)[C@@H](O)[C@@H]1O.O=P(O)(O)OP(=O)(O)O. The maximum absolute atomic E-state index is 11.0. The molecule has 1 fully saturated rings. The Morgan fingerprint density at radius 1 is 0.964 bits per heavy atom. The molecule has 0 aromatic carbocycles. The smallest absolute Gasteiger partial charge is 0.394 e. The topological polar surface area (TPSA) is 290 Å². The Hall–Kier alpha value is -0.320. The Bertz CT molecular complexity index is 632. The van der Waals surface area contributed by atoms with Crippen molar-refractivity contribution in [3.63, 3.8) is 0 Å². The molecular weight excluding hydrogens is 459 g/mol. The summed E-state index contributed by atoms with van der Waals surface area (Å²) >= 11 is 0. The fourth-order valence-electron chi connectivity index (χ4n) is 1.83. The quantitative estimate of drug-likeness (QED) is 0.164. The van der Waals surface area contributed by atoms with Crippen LogP contribution in [0.4, 0.5) is 0 Å². The number of hydrogen-bond acceptors (Lipinski definition) is 10. The second-order valence-electron chi connectivity index (χ2n) is 5.09. The highest BCUT2D eigenvalue weighted by Gasteiger charge is 2.47. The Kier molecular flexibility index (Phi) is 10.5. The Morgan fingerprint density at radius 3 is 1.71 bits per heavy atom. The molecule has 1 unspecified atom stereocenters. The van der Waals surface area contributed by atoms with Crippen molar-refractivity contribution in [2.24, 2.45) is 0 Å². The lowest BCUT2D eigenvalue weighted by Crippen LogP contribution is -2.64. The van der Waals surface area contributed by atoms with Gasteiger partial charge in [0, 0.05) is 6.92 Å². The molecule has 168 valence electrons. The van der Waals surface area contributed by atoms with Gasteiger partial charge in [-0.2, -0.15) is 4.31 Å². The van der Waals surface area contributed by atoms with E-state index in [1.54, 1.807) is 0 Å². The first-order chi connectivity index (χ1) is 12.4. The molecule has 1 aliphatic rings. The predicted octanol–water partition coefficient (Wildman–Crippen LogP) is -3.77. The van der Waals surface area contributed by atoms with Crippen LogP contribution in [0.25, 0.3) is 0 Å². The zero-order chi connectivity index (χ0) is 22.5. The van der Waals surface area contributed by atoms with Crippen molar-refractivity contribution in [3.05, 3.63) is 0 Å². The number of aliphatic hydroxyl groups excluding tert-OH is 3. The molecule has 1 saturated heterocycles. The van der Waals surface area contributed by atoms with Gasteiger partial charge < -0.3 is 54.7 Å². The van der Waals surface area contributed by atoms with E-state index >= 15 is 0 Å². The van der Waals surface area contributed by atoms with Crippen LogP contribution in [0.5, 0.6) is 0 Å². The van der Waals surface area contributed by atoms with Crippen molar-refractivity contribution in [1.29, 1.82) is 0 Å². The second-order valence-corrected chi connectivity index (χ2v) is 8.90. The second kappa shape index (κ2) is 10.6.